The zero-order valence-electron chi connectivity index (χ0n) is 14.0. The Morgan fingerprint density at radius 2 is 1.54 bits per heavy atom. The fraction of sp³-hybridized carbons (Fsp3) is 0.333. The van der Waals surface area contributed by atoms with Crippen LogP contribution in [-0.4, -0.2) is 47.8 Å². The first-order valence-electron chi connectivity index (χ1n) is 8.08. The highest BCUT2D eigenvalue weighted by Crippen LogP contribution is 2.32. The second-order valence-corrected chi connectivity index (χ2v) is 6.98. The van der Waals surface area contributed by atoms with Crippen molar-refractivity contribution in [3.8, 4) is 0 Å². The molecule has 26 heavy (non-hydrogen) atoms. The molecule has 1 saturated heterocycles. The molecule has 1 aromatic heterocycles. The van der Waals surface area contributed by atoms with Crippen molar-refractivity contribution in [1.29, 1.82) is 0 Å². The van der Waals surface area contributed by atoms with E-state index in [4.69, 9.17) is 0 Å². The van der Waals surface area contributed by atoms with E-state index in [0.29, 0.717) is 18.0 Å². The van der Waals surface area contributed by atoms with Crippen LogP contribution in [0.15, 0.2) is 35.7 Å². The van der Waals surface area contributed by atoms with E-state index in [0.717, 1.165) is 11.6 Å². The zero-order chi connectivity index (χ0) is 18.9. The molecule has 4 nitrogen and oxygen atoms in total. The van der Waals surface area contributed by atoms with Gasteiger partial charge in [-0.2, -0.15) is 13.2 Å². The van der Waals surface area contributed by atoms with Crippen molar-refractivity contribution in [2.24, 2.45) is 0 Å². The summed E-state index contributed by atoms with van der Waals surface area (Å²) in [7, 11) is 0. The molecule has 0 radical (unpaired) electrons. The smallest absolute Gasteiger partial charge is 0.335 e. The first kappa shape index (κ1) is 18.4. The number of halogens is 3. The largest absolute Gasteiger partial charge is 0.417 e. The molecule has 0 spiro atoms. The molecule has 2 amide bonds. The number of carbonyl (C=O) groups is 2. The number of nitrogens with zero attached hydrogens (tertiary/aromatic N) is 2. The van der Waals surface area contributed by atoms with Crippen LogP contribution in [0.4, 0.5) is 13.2 Å². The topological polar surface area (TPSA) is 40.6 Å². The van der Waals surface area contributed by atoms with Crippen molar-refractivity contribution in [1.82, 2.24) is 9.80 Å². The molecule has 3 rings (SSSR count). The summed E-state index contributed by atoms with van der Waals surface area (Å²) < 4.78 is 39.3. The van der Waals surface area contributed by atoms with Crippen LogP contribution in [0.5, 0.6) is 0 Å². The van der Waals surface area contributed by atoms with Gasteiger partial charge in [-0.1, -0.05) is 12.1 Å². The summed E-state index contributed by atoms with van der Waals surface area (Å²) in [6, 6.07) is 6.65. The second-order valence-electron chi connectivity index (χ2n) is 6.06. The van der Waals surface area contributed by atoms with E-state index in [1.165, 1.54) is 34.4 Å². The average Bonchev–Trinajstić information content (AvgIpc) is 3.06. The summed E-state index contributed by atoms with van der Waals surface area (Å²) in [4.78, 5) is 28.7. The van der Waals surface area contributed by atoms with Crippen molar-refractivity contribution in [2.75, 3.05) is 26.2 Å². The predicted molar refractivity (Wildman–Crippen MR) is 92.3 cm³/mol. The molecule has 1 fully saturated rings. The summed E-state index contributed by atoms with van der Waals surface area (Å²) >= 11 is 1.36. The Labute approximate surface area is 152 Å². The van der Waals surface area contributed by atoms with E-state index < -0.39 is 17.6 Å². The van der Waals surface area contributed by atoms with Gasteiger partial charge in [0.2, 0.25) is 0 Å². The van der Waals surface area contributed by atoms with E-state index in [1.54, 1.807) is 4.90 Å². The number of piperazine rings is 1. The molecular weight excluding hydrogens is 365 g/mol. The fourth-order valence-electron chi connectivity index (χ4n) is 2.94. The average molecular weight is 382 g/mol. The third-order valence-corrected chi connectivity index (χ3v) is 5.38. The number of alkyl halides is 3. The van der Waals surface area contributed by atoms with Crippen LogP contribution in [0.25, 0.3) is 0 Å². The van der Waals surface area contributed by atoms with Crippen molar-refractivity contribution in [2.45, 2.75) is 13.1 Å². The van der Waals surface area contributed by atoms with Crippen LogP contribution >= 0.6 is 11.3 Å². The molecule has 0 bridgehead atoms. The molecule has 0 unspecified atom stereocenters. The van der Waals surface area contributed by atoms with Crippen molar-refractivity contribution in [3.05, 3.63) is 57.3 Å². The molecule has 138 valence electrons. The van der Waals surface area contributed by atoms with Gasteiger partial charge in [0.15, 0.2) is 0 Å². The van der Waals surface area contributed by atoms with Gasteiger partial charge in [-0.05, 0) is 36.1 Å². The maximum absolute atomic E-state index is 13.1. The number of hydrogen-bond acceptors (Lipinski definition) is 3. The van der Waals surface area contributed by atoms with E-state index in [2.05, 4.69) is 0 Å². The van der Waals surface area contributed by atoms with Gasteiger partial charge in [-0.15, -0.1) is 11.3 Å². The van der Waals surface area contributed by atoms with E-state index in [-0.39, 0.29) is 24.6 Å². The maximum atomic E-state index is 13.1. The van der Waals surface area contributed by atoms with Crippen molar-refractivity contribution in [3.63, 3.8) is 0 Å². The van der Waals surface area contributed by atoms with Crippen LogP contribution in [0.2, 0.25) is 0 Å². The lowest BCUT2D eigenvalue weighted by Crippen LogP contribution is -2.50. The lowest BCUT2D eigenvalue weighted by atomic mass is 10.1. The van der Waals surface area contributed by atoms with Crippen LogP contribution in [0.1, 0.15) is 31.2 Å². The number of amides is 2. The predicted octanol–water partition coefficient (Wildman–Crippen LogP) is 3.67. The van der Waals surface area contributed by atoms with Gasteiger partial charge in [0.1, 0.15) is 0 Å². The molecule has 2 heterocycles. The normalized spacial score (nSPS) is 15.2. The minimum atomic E-state index is -4.58. The molecule has 1 aromatic carbocycles. The summed E-state index contributed by atoms with van der Waals surface area (Å²) in [6.07, 6.45) is -4.58. The third-order valence-electron chi connectivity index (χ3n) is 4.37. The molecule has 1 aliphatic heterocycles. The summed E-state index contributed by atoms with van der Waals surface area (Å²) in [6.45, 7) is 2.88. The van der Waals surface area contributed by atoms with Gasteiger partial charge in [0, 0.05) is 26.2 Å². The molecule has 1 aliphatic rings. The Hall–Kier alpha value is -2.35. The summed E-state index contributed by atoms with van der Waals surface area (Å²) in [5.41, 5.74) is -0.385. The zero-order valence-corrected chi connectivity index (χ0v) is 14.9. The number of aryl methyl sites for hydroxylation is 1. The lowest BCUT2D eigenvalue weighted by Gasteiger charge is -2.35. The highest BCUT2D eigenvalue weighted by Gasteiger charge is 2.36. The van der Waals surface area contributed by atoms with Crippen molar-refractivity contribution >= 4 is 23.2 Å². The third kappa shape index (κ3) is 3.60. The number of rotatable bonds is 2. The van der Waals surface area contributed by atoms with Crippen LogP contribution in [0, 0.1) is 6.92 Å². The summed E-state index contributed by atoms with van der Waals surface area (Å²) in [5.74, 6) is -0.752. The van der Waals surface area contributed by atoms with Gasteiger partial charge in [0.05, 0.1) is 16.0 Å². The highest BCUT2D eigenvalue weighted by atomic mass is 32.1. The molecule has 2 aromatic rings. The van der Waals surface area contributed by atoms with E-state index >= 15 is 0 Å². The Morgan fingerprint density at radius 1 is 0.962 bits per heavy atom. The lowest BCUT2D eigenvalue weighted by molar-refractivity contribution is -0.138. The number of benzene rings is 1. The van der Waals surface area contributed by atoms with E-state index in [1.807, 2.05) is 18.4 Å². The SMILES string of the molecule is Cc1ccsc1C(=O)N1CCN(C(=O)c2ccccc2C(F)(F)F)CC1. The van der Waals surface area contributed by atoms with Gasteiger partial charge in [-0.25, -0.2) is 0 Å². The molecule has 0 N–H and O–H groups in total. The number of carbonyl (C=O) groups excluding carboxylic acids is 2. The highest BCUT2D eigenvalue weighted by molar-refractivity contribution is 7.12. The number of hydrogen-bond donors (Lipinski definition) is 0. The maximum Gasteiger partial charge on any atom is 0.417 e. The number of thiophene rings is 1. The minimum absolute atomic E-state index is 0.0970. The Morgan fingerprint density at radius 3 is 2.08 bits per heavy atom. The Kier molecular flexibility index (Phi) is 5.04. The van der Waals surface area contributed by atoms with Crippen LogP contribution in [-0.2, 0) is 6.18 Å². The molecule has 0 aliphatic carbocycles. The molecule has 0 atom stereocenters. The Bertz CT molecular complexity index is 824. The van der Waals surface area contributed by atoms with Gasteiger partial charge >= 0.3 is 6.18 Å². The van der Waals surface area contributed by atoms with Crippen LogP contribution < -0.4 is 0 Å². The monoisotopic (exact) mass is 382 g/mol. The minimum Gasteiger partial charge on any atom is -0.335 e. The second kappa shape index (κ2) is 7.11. The summed E-state index contributed by atoms with van der Waals surface area (Å²) in [5, 5.41) is 1.84. The van der Waals surface area contributed by atoms with Gasteiger partial charge < -0.3 is 9.80 Å². The standard InChI is InChI=1S/C18H17F3N2O2S/c1-12-6-11-26-15(12)17(25)23-9-7-22(8-10-23)16(24)13-4-2-3-5-14(13)18(19,20)21/h2-6,11H,7-10H2,1H3. The van der Waals surface area contributed by atoms with Gasteiger partial charge in [0.25, 0.3) is 11.8 Å². The quantitative estimate of drug-likeness (QED) is 0.795. The van der Waals surface area contributed by atoms with Crippen LogP contribution in [0.3, 0.4) is 0 Å². The molecule has 8 heteroatoms. The van der Waals surface area contributed by atoms with Gasteiger partial charge in [-0.3, -0.25) is 9.59 Å². The fourth-order valence-corrected chi connectivity index (χ4v) is 3.83. The van der Waals surface area contributed by atoms with Crippen molar-refractivity contribution < 1.29 is 22.8 Å². The first-order chi connectivity index (χ1) is 12.3. The first-order valence-corrected chi connectivity index (χ1v) is 8.96. The van der Waals surface area contributed by atoms with E-state index in [9.17, 15) is 22.8 Å². The Balaban J connectivity index is 1.70. The molecule has 0 saturated carbocycles. The molecular formula is C18H17F3N2O2S.